The molecule has 2 aromatic carbocycles. The van der Waals surface area contributed by atoms with Crippen LogP contribution in [0.15, 0.2) is 69.0 Å². The quantitative estimate of drug-likeness (QED) is 0.472. The highest BCUT2D eigenvalue weighted by molar-refractivity contribution is 7.92. The van der Waals surface area contributed by atoms with Crippen molar-refractivity contribution in [1.29, 1.82) is 0 Å². The van der Waals surface area contributed by atoms with Gasteiger partial charge in [0, 0.05) is 23.5 Å². The lowest BCUT2D eigenvalue weighted by atomic mass is 10.3. The molecule has 0 fully saturated rings. The predicted molar refractivity (Wildman–Crippen MR) is 104 cm³/mol. The Kier molecular flexibility index (Phi) is 4.32. The molecule has 4 rings (SSSR count). The van der Waals surface area contributed by atoms with E-state index in [1.165, 1.54) is 24.5 Å². The third-order valence-electron chi connectivity index (χ3n) is 3.89. The summed E-state index contributed by atoms with van der Waals surface area (Å²) in [5.74, 6) is -0.0447. The van der Waals surface area contributed by atoms with E-state index >= 15 is 0 Å². The van der Waals surface area contributed by atoms with Crippen LogP contribution in [0.1, 0.15) is 5.69 Å². The molecule has 0 spiro atoms. The Morgan fingerprint density at radius 3 is 2.68 bits per heavy atom. The van der Waals surface area contributed by atoms with Gasteiger partial charge in [0.15, 0.2) is 5.58 Å². The molecule has 0 saturated heterocycles. The van der Waals surface area contributed by atoms with Gasteiger partial charge in [-0.3, -0.25) is 9.71 Å². The molecule has 0 radical (unpaired) electrons. The van der Waals surface area contributed by atoms with Crippen LogP contribution in [0.3, 0.4) is 0 Å². The number of oxazole rings is 1. The molecule has 142 valence electrons. The van der Waals surface area contributed by atoms with Gasteiger partial charge in [-0.2, -0.15) is 0 Å². The van der Waals surface area contributed by atoms with Gasteiger partial charge in [-0.15, -0.1) is 0 Å². The lowest BCUT2D eigenvalue weighted by molar-refractivity contribution is 0.554. The summed E-state index contributed by atoms with van der Waals surface area (Å²) in [6, 6.07) is 12.7. The topological polar surface area (TPSA) is 130 Å². The van der Waals surface area contributed by atoms with E-state index in [1.54, 1.807) is 30.3 Å². The van der Waals surface area contributed by atoms with Gasteiger partial charge >= 0.3 is 5.76 Å². The summed E-state index contributed by atoms with van der Waals surface area (Å²) in [5.41, 5.74) is 2.43. The van der Waals surface area contributed by atoms with Crippen molar-refractivity contribution < 1.29 is 12.8 Å². The number of H-pyrrole nitrogens is 1. The molecular weight excluding hydrogens is 382 g/mol. The third-order valence-corrected chi connectivity index (χ3v) is 5.27. The summed E-state index contributed by atoms with van der Waals surface area (Å²) in [6.45, 7) is 1.85. The minimum Gasteiger partial charge on any atom is -0.408 e. The van der Waals surface area contributed by atoms with Gasteiger partial charge in [0.05, 0.1) is 16.1 Å². The van der Waals surface area contributed by atoms with Crippen LogP contribution in [-0.2, 0) is 10.0 Å². The first-order valence-electron chi connectivity index (χ1n) is 8.20. The molecule has 0 atom stereocenters. The second kappa shape index (κ2) is 6.82. The molecule has 10 heteroatoms. The van der Waals surface area contributed by atoms with Crippen LogP contribution >= 0.6 is 0 Å². The molecule has 0 unspecified atom stereocenters. The van der Waals surface area contributed by atoms with Gasteiger partial charge in [0.25, 0.3) is 10.0 Å². The molecule has 0 bridgehead atoms. The van der Waals surface area contributed by atoms with Crippen molar-refractivity contribution in [2.24, 2.45) is 0 Å². The molecule has 0 aliphatic carbocycles. The molecule has 3 N–H and O–H groups in total. The number of nitrogens with zero attached hydrogens (tertiary/aromatic N) is 2. The molecule has 28 heavy (non-hydrogen) atoms. The molecular formula is C18H15N5O4S. The number of aromatic amines is 1. The second-order valence-corrected chi connectivity index (χ2v) is 7.71. The summed E-state index contributed by atoms with van der Waals surface area (Å²) < 4.78 is 32.8. The van der Waals surface area contributed by atoms with Gasteiger partial charge in [-0.1, -0.05) is 6.07 Å². The second-order valence-electron chi connectivity index (χ2n) is 6.03. The van der Waals surface area contributed by atoms with Gasteiger partial charge in [0.1, 0.15) is 12.1 Å². The zero-order valence-electron chi connectivity index (χ0n) is 14.6. The number of aryl methyl sites for hydroxylation is 1. The van der Waals surface area contributed by atoms with E-state index in [4.69, 9.17) is 4.42 Å². The fourth-order valence-electron chi connectivity index (χ4n) is 2.64. The first kappa shape index (κ1) is 17.7. The lowest BCUT2D eigenvalue weighted by Gasteiger charge is -2.11. The SMILES string of the molecule is Cc1cc(Nc2cccc(NS(=O)(=O)c3ccc4[nH]c(=O)oc4c3)c2)ncn1. The van der Waals surface area contributed by atoms with Gasteiger partial charge in [-0.25, -0.2) is 23.2 Å². The summed E-state index contributed by atoms with van der Waals surface area (Å²) >= 11 is 0. The number of fused-ring (bicyclic) bond motifs is 1. The van der Waals surface area contributed by atoms with Crippen LogP contribution < -0.4 is 15.8 Å². The number of anilines is 3. The molecule has 0 amide bonds. The largest absolute Gasteiger partial charge is 0.417 e. The Balaban J connectivity index is 1.59. The van der Waals surface area contributed by atoms with Crippen molar-refractivity contribution in [1.82, 2.24) is 15.0 Å². The van der Waals surface area contributed by atoms with Crippen molar-refractivity contribution in [2.45, 2.75) is 11.8 Å². The highest BCUT2D eigenvalue weighted by atomic mass is 32.2. The minimum absolute atomic E-state index is 0.0208. The number of sulfonamides is 1. The minimum atomic E-state index is -3.87. The zero-order valence-corrected chi connectivity index (χ0v) is 15.4. The molecule has 0 aliphatic rings. The van der Waals surface area contributed by atoms with Crippen molar-refractivity contribution >= 4 is 38.3 Å². The third kappa shape index (κ3) is 3.71. The number of aromatic nitrogens is 3. The molecule has 4 aromatic rings. The van der Waals surface area contributed by atoms with Crippen molar-refractivity contribution in [3.8, 4) is 0 Å². The van der Waals surface area contributed by atoms with Crippen LogP contribution in [-0.4, -0.2) is 23.4 Å². The van der Waals surface area contributed by atoms with Crippen LogP contribution in [0.25, 0.3) is 11.1 Å². The Labute approximate surface area is 159 Å². The monoisotopic (exact) mass is 397 g/mol. The Bertz CT molecular complexity index is 1330. The number of hydrogen-bond donors (Lipinski definition) is 3. The van der Waals surface area contributed by atoms with E-state index in [1.807, 2.05) is 6.92 Å². The van der Waals surface area contributed by atoms with Gasteiger partial charge in [-0.05, 0) is 37.3 Å². The normalized spacial score (nSPS) is 11.5. The maximum Gasteiger partial charge on any atom is 0.417 e. The fraction of sp³-hybridized carbons (Fsp3) is 0.0556. The van der Waals surface area contributed by atoms with Crippen molar-refractivity contribution in [2.75, 3.05) is 10.0 Å². The highest BCUT2D eigenvalue weighted by Gasteiger charge is 2.16. The number of nitrogens with one attached hydrogen (secondary N) is 3. The number of rotatable bonds is 5. The van der Waals surface area contributed by atoms with Crippen LogP contribution in [0, 0.1) is 6.92 Å². The van der Waals surface area contributed by atoms with Crippen LogP contribution in [0.5, 0.6) is 0 Å². The summed E-state index contributed by atoms with van der Waals surface area (Å²) in [5, 5.41) is 3.10. The van der Waals surface area contributed by atoms with E-state index in [9.17, 15) is 13.2 Å². The molecule has 0 saturated carbocycles. The summed E-state index contributed by atoms with van der Waals surface area (Å²) in [4.78, 5) is 21.8. The lowest BCUT2D eigenvalue weighted by Crippen LogP contribution is -2.13. The first-order valence-corrected chi connectivity index (χ1v) is 9.69. The number of benzene rings is 2. The van der Waals surface area contributed by atoms with E-state index in [0.29, 0.717) is 22.7 Å². The highest BCUT2D eigenvalue weighted by Crippen LogP contribution is 2.23. The fourth-order valence-corrected chi connectivity index (χ4v) is 3.70. The first-order chi connectivity index (χ1) is 13.4. The van der Waals surface area contributed by atoms with E-state index < -0.39 is 15.8 Å². The molecule has 2 aromatic heterocycles. The van der Waals surface area contributed by atoms with Crippen LogP contribution in [0.2, 0.25) is 0 Å². The molecule has 2 heterocycles. The van der Waals surface area contributed by atoms with Crippen molar-refractivity contribution in [3.63, 3.8) is 0 Å². The van der Waals surface area contributed by atoms with Gasteiger partial charge in [0.2, 0.25) is 0 Å². The van der Waals surface area contributed by atoms with E-state index in [2.05, 4.69) is 25.0 Å². The Morgan fingerprint density at radius 2 is 1.86 bits per heavy atom. The smallest absolute Gasteiger partial charge is 0.408 e. The van der Waals surface area contributed by atoms with E-state index in [-0.39, 0.29) is 10.5 Å². The zero-order chi connectivity index (χ0) is 19.7. The Morgan fingerprint density at radius 1 is 1.04 bits per heavy atom. The van der Waals surface area contributed by atoms with E-state index in [0.717, 1.165) is 5.69 Å². The average Bonchev–Trinajstić information content (AvgIpc) is 3.01. The van der Waals surface area contributed by atoms with Gasteiger partial charge < -0.3 is 9.73 Å². The maximum absolute atomic E-state index is 12.7. The van der Waals surface area contributed by atoms with Crippen molar-refractivity contribution in [3.05, 3.63) is 71.1 Å². The predicted octanol–water partition coefficient (Wildman–Crippen LogP) is 2.76. The summed E-state index contributed by atoms with van der Waals surface area (Å²) in [7, 11) is -3.87. The number of hydrogen-bond acceptors (Lipinski definition) is 7. The molecule has 0 aliphatic heterocycles. The van der Waals surface area contributed by atoms with Crippen LogP contribution in [0.4, 0.5) is 17.2 Å². The molecule has 9 nitrogen and oxygen atoms in total. The maximum atomic E-state index is 12.7. The Hall–Kier alpha value is -3.66. The average molecular weight is 397 g/mol. The summed E-state index contributed by atoms with van der Waals surface area (Å²) in [6.07, 6.45) is 1.44. The standard InChI is InChI=1S/C18H15N5O4S/c1-11-7-17(20-10-19-11)21-12-3-2-4-13(8-12)23-28(25,26)14-5-6-15-16(9-14)27-18(24)22-15/h2-10,23H,1H3,(H,22,24)(H,19,20,21).